The molecular formula is C20H19Br3N2OS. The number of thiophene rings is 1. The standard InChI is InChI=1S/C20H19Br3N2OS/c21-15-12-16(22)19(17(23)13-15)26-10-9-24-5-7-25(8-6-24)18-3-1-2-14-4-11-27-20(14)18/h1-4,11-13H,5-10H2. The van der Waals surface area contributed by atoms with Crippen molar-refractivity contribution < 1.29 is 4.74 Å². The topological polar surface area (TPSA) is 15.7 Å². The lowest BCUT2D eigenvalue weighted by Gasteiger charge is -2.36. The summed E-state index contributed by atoms with van der Waals surface area (Å²) in [6.07, 6.45) is 0. The lowest BCUT2D eigenvalue weighted by Crippen LogP contribution is -2.47. The average Bonchev–Trinajstić information content (AvgIpc) is 3.13. The van der Waals surface area contributed by atoms with Gasteiger partial charge in [-0.05, 0) is 66.9 Å². The summed E-state index contributed by atoms with van der Waals surface area (Å²) >= 11 is 12.5. The number of hydrogen-bond donors (Lipinski definition) is 0. The molecule has 2 aromatic carbocycles. The molecule has 1 aliphatic rings. The Labute approximate surface area is 188 Å². The minimum absolute atomic E-state index is 0.680. The molecule has 7 heteroatoms. The summed E-state index contributed by atoms with van der Waals surface area (Å²) in [5, 5.41) is 3.53. The summed E-state index contributed by atoms with van der Waals surface area (Å²) in [6.45, 7) is 5.86. The molecule has 0 N–H and O–H groups in total. The van der Waals surface area contributed by atoms with Crippen molar-refractivity contribution in [1.29, 1.82) is 0 Å². The first-order valence-corrected chi connectivity index (χ1v) is 12.1. The molecule has 2 heterocycles. The summed E-state index contributed by atoms with van der Waals surface area (Å²) in [6, 6.07) is 12.8. The van der Waals surface area contributed by atoms with Gasteiger partial charge >= 0.3 is 0 Å². The molecule has 1 fully saturated rings. The second-order valence-electron chi connectivity index (χ2n) is 6.49. The molecule has 0 radical (unpaired) electrons. The number of piperazine rings is 1. The zero-order valence-corrected chi connectivity index (χ0v) is 20.2. The van der Waals surface area contributed by atoms with E-state index in [2.05, 4.69) is 87.2 Å². The lowest BCUT2D eigenvalue weighted by atomic mass is 10.2. The highest BCUT2D eigenvalue weighted by molar-refractivity contribution is 9.11. The normalized spacial score (nSPS) is 15.4. The first-order chi connectivity index (χ1) is 13.1. The van der Waals surface area contributed by atoms with E-state index in [1.165, 1.54) is 15.8 Å². The van der Waals surface area contributed by atoms with Gasteiger partial charge in [0, 0.05) is 37.2 Å². The van der Waals surface area contributed by atoms with Gasteiger partial charge in [0.05, 0.1) is 19.3 Å². The Balaban J connectivity index is 1.31. The molecule has 0 saturated carbocycles. The third-order valence-electron chi connectivity index (χ3n) is 4.79. The van der Waals surface area contributed by atoms with E-state index in [-0.39, 0.29) is 0 Å². The second kappa shape index (κ2) is 8.82. The molecule has 0 atom stereocenters. The van der Waals surface area contributed by atoms with Crippen LogP contribution in [0.15, 0.2) is 55.2 Å². The fourth-order valence-electron chi connectivity index (χ4n) is 3.38. The van der Waals surface area contributed by atoms with Crippen molar-refractivity contribution in [3.8, 4) is 5.75 Å². The number of rotatable bonds is 5. The number of nitrogens with zero attached hydrogens (tertiary/aromatic N) is 2. The molecule has 3 aromatic rings. The van der Waals surface area contributed by atoms with Gasteiger partial charge in [-0.25, -0.2) is 0 Å². The van der Waals surface area contributed by atoms with Gasteiger partial charge in [-0.2, -0.15) is 0 Å². The van der Waals surface area contributed by atoms with Crippen molar-refractivity contribution in [2.24, 2.45) is 0 Å². The molecule has 1 aromatic heterocycles. The third kappa shape index (κ3) is 4.53. The fourth-order valence-corrected chi connectivity index (χ4v) is 6.81. The van der Waals surface area contributed by atoms with Crippen LogP contribution in [0, 0.1) is 0 Å². The highest BCUT2D eigenvalue weighted by Gasteiger charge is 2.19. The minimum atomic E-state index is 0.680. The van der Waals surface area contributed by atoms with Crippen LogP contribution in [0.5, 0.6) is 5.75 Å². The summed E-state index contributed by atoms with van der Waals surface area (Å²) in [4.78, 5) is 4.99. The lowest BCUT2D eigenvalue weighted by molar-refractivity contribution is 0.199. The van der Waals surface area contributed by atoms with Crippen LogP contribution in [0.25, 0.3) is 10.1 Å². The average molecular weight is 575 g/mol. The Hall–Kier alpha value is -0.600. The van der Waals surface area contributed by atoms with Gasteiger partial charge in [0.1, 0.15) is 12.4 Å². The fraction of sp³-hybridized carbons (Fsp3) is 0.300. The number of hydrogen-bond acceptors (Lipinski definition) is 4. The van der Waals surface area contributed by atoms with E-state index in [1.54, 1.807) is 0 Å². The van der Waals surface area contributed by atoms with Crippen LogP contribution in [-0.4, -0.2) is 44.2 Å². The molecule has 0 unspecified atom stereocenters. The Kier molecular flexibility index (Phi) is 6.44. The van der Waals surface area contributed by atoms with E-state index < -0.39 is 0 Å². The molecule has 0 aliphatic carbocycles. The highest BCUT2D eigenvalue weighted by Crippen LogP contribution is 2.36. The maximum absolute atomic E-state index is 6.02. The van der Waals surface area contributed by atoms with Crippen molar-refractivity contribution in [3.05, 3.63) is 55.2 Å². The highest BCUT2D eigenvalue weighted by atomic mass is 79.9. The molecular weight excluding hydrogens is 556 g/mol. The Morgan fingerprint density at radius 3 is 2.44 bits per heavy atom. The molecule has 27 heavy (non-hydrogen) atoms. The minimum Gasteiger partial charge on any atom is -0.490 e. The molecule has 1 saturated heterocycles. The molecule has 3 nitrogen and oxygen atoms in total. The molecule has 4 rings (SSSR count). The smallest absolute Gasteiger partial charge is 0.147 e. The van der Waals surface area contributed by atoms with Gasteiger partial charge in [0.2, 0.25) is 0 Å². The number of benzene rings is 2. The van der Waals surface area contributed by atoms with Crippen LogP contribution in [-0.2, 0) is 0 Å². The first kappa shape index (κ1) is 19.7. The summed E-state index contributed by atoms with van der Waals surface area (Å²) in [5.41, 5.74) is 1.38. The van der Waals surface area contributed by atoms with Crippen molar-refractivity contribution in [1.82, 2.24) is 4.90 Å². The SMILES string of the molecule is Brc1cc(Br)c(OCCN2CCN(c3cccc4ccsc34)CC2)c(Br)c1. The predicted octanol–water partition coefficient (Wildman–Crippen LogP) is 6.39. The van der Waals surface area contributed by atoms with Gasteiger partial charge in [-0.1, -0.05) is 28.1 Å². The molecule has 0 bridgehead atoms. The molecule has 0 amide bonds. The van der Waals surface area contributed by atoms with E-state index in [0.29, 0.717) is 6.61 Å². The number of halogens is 3. The summed E-state index contributed by atoms with van der Waals surface area (Å²) in [7, 11) is 0. The maximum Gasteiger partial charge on any atom is 0.147 e. The third-order valence-corrected chi connectivity index (χ3v) is 7.38. The maximum atomic E-state index is 6.02. The second-order valence-corrected chi connectivity index (χ2v) is 10.0. The molecule has 142 valence electrons. The van der Waals surface area contributed by atoms with Crippen molar-refractivity contribution in [2.45, 2.75) is 0 Å². The van der Waals surface area contributed by atoms with Crippen LogP contribution in [0.2, 0.25) is 0 Å². The number of anilines is 1. The van der Waals surface area contributed by atoms with Crippen LogP contribution < -0.4 is 9.64 Å². The van der Waals surface area contributed by atoms with Gasteiger partial charge in [-0.3, -0.25) is 4.90 Å². The van der Waals surface area contributed by atoms with E-state index in [9.17, 15) is 0 Å². The van der Waals surface area contributed by atoms with Gasteiger partial charge < -0.3 is 9.64 Å². The van der Waals surface area contributed by atoms with Crippen molar-refractivity contribution >= 4 is 74.9 Å². The Morgan fingerprint density at radius 2 is 1.70 bits per heavy atom. The summed E-state index contributed by atoms with van der Waals surface area (Å²) in [5.74, 6) is 0.862. The molecule has 0 spiro atoms. The van der Waals surface area contributed by atoms with Gasteiger partial charge in [0.15, 0.2) is 0 Å². The zero-order valence-electron chi connectivity index (χ0n) is 14.6. The quantitative estimate of drug-likeness (QED) is 0.351. The largest absolute Gasteiger partial charge is 0.490 e. The predicted molar refractivity (Wildman–Crippen MR) is 126 cm³/mol. The van der Waals surface area contributed by atoms with E-state index in [0.717, 1.165) is 51.9 Å². The van der Waals surface area contributed by atoms with Crippen molar-refractivity contribution in [3.63, 3.8) is 0 Å². The number of ether oxygens (including phenoxy) is 1. The van der Waals surface area contributed by atoms with E-state index in [4.69, 9.17) is 4.74 Å². The van der Waals surface area contributed by atoms with Crippen molar-refractivity contribution in [2.75, 3.05) is 44.2 Å². The van der Waals surface area contributed by atoms with E-state index in [1.807, 2.05) is 23.5 Å². The summed E-state index contributed by atoms with van der Waals surface area (Å²) < 4.78 is 10.3. The van der Waals surface area contributed by atoms with Crippen LogP contribution in [0.3, 0.4) is 0 Å². The van der Waals surface area contributed by atoms with Crippen LogP contribution in [0.1, 0.15) is 0 Å². The molecule has 1 aliphatic heterocycles. The number of fused-ring (bicyclic) bond motifs is 1. The monoisotopic (exact) mass is 572 g/mol. The zero-order chi connectivity index (χ0) is 18.8. The van der Waals surface area contributed by atoms with Crippen LogP contribution in [0.4, 0.5) is 5.69 Å². The van der Waals surface area contributed by atoms with Gasteiger partial charge in [0.25, 0.3) is 0 Å². The Morgan fingerprint density at radius 1 is 0.963 bits per heavy atom. The van der Waals surface area contributed by atoms with Gasteiger partial charge in [-0.15, -0.1) is 11.3 Å². The Bertz CT molecular complexity index is 915. The van der Waals surface area contributed by atoms with E-state index >= 15 is 0 Å². The van der Waals surface area contributed by atoms with Crippen LogP contribution >= 0.6 is 59.1 Å². The first-order valence-electron chi connectivity index (χ1n) is 8.83.